The largest absolute Gasteiger partial charge is 0.380 e. The van der Waals surface area contributed by atoms with Crippen molar-refractivity contribution >= 4 is 11.8 Å². The van der Waals surface area contributed by atoms with Crippen LogP contribution in [0.5, 0.6) is 0 Å². The molecule has 0 atom stereocenters. The summed E-state index contributed by atoms with van der Waals surface area (Å²) in [4.78, 5) is 11.3. The van der Waals surface area contributed by atoms with Gasteiger partial charge in [0.1, 0.15) is 5.82 Å². The Morgan fingerprint density at radius 3 is 2.52 bits per heavy atom. The summed E-state index contributed by atoms with van der Waals surface area (Å²) in [7, 11) is 0. The number of hydrogen-bond acceptors (Lipinski definition) is 4. The second kappa shape index (κ2) is 11.7. The molecule has 0 aliphatic heterocycles. The van der Waals surface area contributed by atoms with Gasteiger partial charge in [-0.25, -0.2) is 9.98 Å². The van der Waals surface area contributed by atoms with Gasteiger partial charge in [0.05, 0.1) is 13.2 Å². The van der Waals surface area contributed by atoms with Gasteiger partial charge in [-0.05, 0) is 39.3 Å². The van der Waals surface area contributed by atoms with Gasteiger partial charge in [0, 0.05) is 39.0 Å². The van der Waals surface area contributed by atoms with E-state index in [2.05, 4.69) is 58.4 Å². The number of anilines is 1. The lowest BCUT2D eigenvalue weighted by Gasteiger charge is -2.19. The minimum absolute atomic E-state index is 0.607. The van der Waals surface area contributed by atoms with E-state index in [9.17, 15) is 0 Å². The summed E-state index contributed by atoms with van der Waals surface area (Å²) in [5, 5.41) is 6.49. The van der Waals surface area contributed by atoms with Gasteiger partial charge in [-0.1, -0.05) is 6.07 Å². The zero-order valence-corrected chi connectivity index (χ0v) is 14.9. The number of nitrogens with one attached hydrogen (secondary N) is 2. The zero-order chi connectivity index (χ0) is 16.9. The lowest BCUT2D eigenvalue weighted by Crippen LogP contribution is -2.39. The Hall–Kier alpha value is -1.82. The smallest absolute Gasteiger partial charge is 0.191 e. The highest BCUT2D eigenvalue weighted by atomic mass is 16.5. The van der Waals surface area contributed by atoms with Gasteiger partial charge < -0.3 is 20.3 Å². The molecule has 0 aliphatic rings. The lowest BCUT2D eigenvalue weighted by atomic mass is 10.3. The first-order valence-corrected chi connectivity index (χ1v) is 8.54. The molecule has 0 saturated carbocycles. The van der Waals surface area contributed by atoms with Gasteiger partial charge >= 0.3 is 0 Å². The Morgan fingerprint density at radius 2 is 1.96 bits per heavy atom. The fourth-order valence-corrected chi connectivity index (χ4v) is 2.14. The number of ether oxygens (including phenoxy) is 1. The van der Waals surface area contributed by atoms with Crippen LogP contribution in [0.2, 0.25) is 0 Å². The Morgan fingerprint density at radius 1 is 1.17 bits per heavy atom. The molecule has 23 heavy (non-hydrogen) atoms. The molecule has 0 aromatic carbocycles. The number of rotatable bonds is 10. The standard InChI is InChI=1S/C17H31N5O/c1-5-18-17(19-11-12-23-8-4)21-14-15-9-10-16(20-13-15)22(6-2)7-3/h9-10,13H,5-8,11-12,14H2,1-4H3,(H2,18,19,21). The number of guanidine groups is 1. The average molecular weight is 321 g/mol. The molecule has 2 N–H and O–H groups in total. The minimum Gasteiger partial charge on any atom is -0.380 e. The molecule has 0 fully saturated rings. The Bertz CT molecular complexity index is 443. The molecule has 0 unspecified atom stereocenters. The van der Waals surface area contributed by atoms with E-state index in [1.165, 1.54) is 0 Å². The lowest BCUT2D eigenvalue weighted by molar-refractivity contribution is 0.152. The number of nitrogens with zero attached hydrogens (tertiary/aromatic N) is 3. The maximum Gasteiger partial charge on any atom is 0.191 e. The SMILES string of the molecule is CCNC(=NCc1ccc(N(CC)CC)nc1)NCCOCC. The van der Waals surface area contributed by atoms with Crippen molar-refractivity contribution in [2.75, 3.05) is 44.3 Å². The van der Waals surface area contributed by atoms with Crippen molar-refractivity contribution in [3.8, 4) is 0 Å². The van der Waals surface area contributed by atoms with E-state index in [1.807, 2.05) is 13.1 Å². The molecule has 1 aromatic heterocycles. The Kier molecular flexibility index (Phi) is 9.79. The summed E-state index contributed by atoms with van der Waals surface area (Å²) in [5.74, 6) is 1.82. The van der Waals surface area contributed by atoms with E-state index < -0.39 is 0 Å². The second-order valence-corrected chi connectivity index (χ2v) is 5.02. The van der Waals surface area contributed by atoms with Crippen molar-refractivity contribution in [1.82, 2.24) is 15.6 Å². The molecule has 0 bridgehead atoms. The van der Waals surface area contributed by atoms with Crippen LogP contribution in [0.1, 0.15) is 33.3 Å². The summed E-state index contributed by atoms with van der Waals surface area (Å²) >= 11 is 0. The van der Waals surface area contributed by atoms with Crippen LogP contribution in [0.3, 0.4) is 0 Å². The van der Waals surface area contributed by atoms with Crippen LogP contribution in [-0.2, 0) is 11.3 Å². The summed E-state index contributed by atoms with van der Waals surface area (Å²) in [6.07, 6.45) is 1.90. The Balaban J connectivity index is 2.57. The van der Waals surface area contributed by atoms with E-state index in [1.54, 1.807) is 0 Å². The minimum atomic E-state index is 0.607. The molecular weight excluding hydrogens is 290 g/mol. The molecule has 0 amide bonds. The number of pyridine rings is 1. The maximum atomic E-state index is 5.32. The van der Waals surface area contributed by atoms with Crippen molar-refractivity contribution in [1.29, 1.82) is 0 Å². The first kappa shape index (κ1) is 19.2. The van der Waals surface area contributed by atoms with Crippen LogP contribution in [0.4, 0.5) is 5.82 Å². The molecule has 0 saturated heterocycles. The van der Waals surface area contributed by atoms with E-state index >= 15 is 0 Å². The van der Waals surface area contributed by atoms with Crippen LogP contribution < -0.4 is 15.5 Å². The quantitative estimate of drug-likeness (QED) is 0.392. The molecule has 6 heteroatoms. The van der Waals surface area contributed by atoms with E-state index in [-0.39, 0.29) is 0 Å². The molecule has 1 heterocycles. The molecule has 0 spiro atoms. The van der Waals surface area contributed by atoms with Gasteiger partial charge in [0.25, 0.3) is 0 Å². The third-order valence-electron chi connectivity index (χ3n) is 3.40. The summed E-state index contributed by atoms with van der Waals surface area (Å²) in [6.45, 7) is 13.9. The van der Waals surface area contributed by atoms with Crippen LogP contribution in [0.15, 0.2) is 23.3 Å². The van der Waals surface area contributed by atoms with Crippen molar-refractivity contribution in [3.05, 3.63) is 23.9 Å². The molecule has 1 rings (SSSR count). The van der Waals surface area contributed by atoms with Crippen LogP contribution in [0, 0.1) is 0 Å². The zero-order valence-electron chi connectivity index (χ0n) is 14.9. The topological polar surface area (TPSA) is 61.8 Å². The van der Waals surface area contributed by atoms with Gasteiger partial charge in [-0.3, -0.25) is 0 Å². The number of hydrogen-bond donors (Lipinski definition) is 2. The average Bonchev–Trinajstić information content (AvgIpc) is 2.58. The first-order chi connectivity index (χ1) is 11.2. The molecule has 1 aromatic rings. The van der Waals surface area contributed by atoms with E-state index in [0.29, 0.717) is 13.2 Å². The first-order valence-electron chi connectivity index (χ1n) is 8.54. The third-order valence-corrected chi connectivity index (χ3v) is 3.40. The predicted octanol–water partition coefficient (Wildman–Crippen LogP) is 2.02. The molecule has 0 aliphatic carbocycles. The van der Waals surface area contributed by atoms with Crippen molar-refractivity contribution in [2.45, 2.75) is 34.2 Å². The van der Waals surface area contributed by atoms with Gasteiger partial charge in [-0.15, -0.1) is 0 Å². The fraction of sp³-hybridized carbons (Fsp3) is 0.647. The van der Waals surface area contributed by atoms with Gasteiger partial charge in [0.15, 0.2) is 5.96 Å². The highest BCUT2D eigenvalue weighted by Gasteiger charge is 2.03. The molecule has 0 radical (unpaired) electrons. The van der Waals surface area contributed by atoms with Crippen LogP contribution in [-0.4, -0.2) is 50.3 Å². The van der Waals surface area contributed by atoms with Crippen molar-refractivity contribution < 1.29 is 4.74 Å². The predicted molar refractivity (Wildman–Crippen MR) is 97.1 cm³/mol. The third kappa shape index (κ3) is 7.32. The summed E-state index contributed by atoms with van der Waals surface area (Å²) in [5.41, 5.74) is 1.10. The fourth-order valence-electron chi connectivity index (χ4n) is 2.14. The molecule has 130 valence electrons. The Labute approximate surface area is 140 Å². The van der Waals surface area contributed by atoms with Crippen molar-refractivity contribution in [2.24, 2.45) is 4.99 Å². The van der Waals surface area contributed by atoms with Crippen molar-refractivity contribution in [3.63, 3.8) is 0 Å². The monoisotopic (exact) mass is 321 g/mol. The van der Waals surface area contributed by atoms with E-state index in [0.717, 1.165) is 50.1 Å². The highest BCUT2D eigenvalue weighted by molar-refractivity contribution is 5.79. The van der Waals surface area contributed by atoms with Gasteiger partial charge in [0.2, 0.25) is 0 Å². The highest BCUT2D eigenvalue weighted by Crippen LogP contribution is 2.11. The molecular formula is C17H31N5O. The van der Waals surface area contributed by atoms with Crippen LogP contribution in [0.25, 0.3) is 0 Å². The number of aliphatic imine (C=N–C) groups is 1. The normalized spacial score (nSPS) is 11.4. The van der Waals surface area contributed by atoms with Gasteiger partial charge in [-0.2, -0.15) is 0 Å². The second-order valence-electron chi connectivity index (χ2n) is 5.02. The summed E-state index contributed by atoms with van der Waals surface area (Å²) in [6, 6.07) is 4.15. The maximum absolute atomic E-state index is 5.32. The number of aromatic nitrogens is 1. The van der Waals surface area contributed by atoms with Crippen LogP contribution >= 0.6 is 0 Å². The van der Waals surface area contributed by atoms with E-state index in [4.69, 9.17) is 4.74 Å². The molecule has 6 nitrogen and oxygen atoms in total. The summed E-state index contributed by atoms with van der Waals surface area (Å²) < 4.78 is 5.32.